The summed E-state index contributed by atoms with van der Waals surface area (Å²) in [7, 11) is 1.49. The molecule has 0 spiro atoms. The first-order valence-corrected chi connectivity index (χ1v) is 8.61. The van der Waals surface area contributed by atoms with Gasteiger partial charge in [0.1, 0.15) is 12.4 Å². The molecule has 1 aliphatic rings. The standard InChI is InChI=1S/C20H17ClN2O4/c1-26-18-9-6-15(21)13-17(18)19(24)22-10-2-3-14-4-7-16(8-5-14)23-11-12-27-20(23)25/h4-9,13H,10-12H2,1H3,(H,22,24). The highest BCUT2D eigenvalue weighted by Crippen LogP contribution is 2.22. The molecule has 0 unspecified atom stereocenters. The largest absolute Gasteiger partial charge is 0.496 e. The lowest BCUT2D eigenvalue weighted by atomic mass is 10.2. The number of nitrogens with one attached hydrogen (secondary N) is 1. The predicted molar refractivity (Wildman–Crippen MR) is 102 cm³/mol. The van der Waals surface area contributed by atoms with Crippen LogP contribution in [0.3, 0.4) is 0 Å². The summed E-state index contributed by atoms with van der Waals surface area (Å²) < 4.78 is 10.1. The molecule has 0 radical (unpaired) electrons. The van der Waals surface area contributed by atoms with Crippen molar-refractivity contribution in [3.8, 4) is 17.6 Å². The Labute approximate surface area is 162 Å². The number of halogens is 1. The van der Waals surface area contributed by atoms with Gasteiger partial charge in [-0.05, 0) is 42.5 Å². The number of anilines is 1. The topological polar surface area (TPSA) is 67.9 Å². The van der Waals surface area contributed by atoms with E-state index in [1.807, 2.05) is 24.3 Å². The average molecular weight is 385 g/mol. The van der Waals surface area contributed by atoms with Crippen LogP contribution in [0.1, 0.15) is 15.9 Å². The van der Waals surface area contributed by atoms with Gasteiger partial charge in [-0.3, -0.25) is 9.69 Å². The van der Waals surface area contributed by atoms with Gasteiger partial charge in [0.05, 0.1) is 25.8 Å². The fraction of sp³-hybridized carbons (Fsp3) is 0.200. The second-order valence-electron chi connectivity index (χ2n) is 5.64. The Morgan fingerprint density at radius 2 is 2.07 bits per heavy atom. The van der Waals surface area contributed by atoms with Gasteiger partial charge in [-0.15, -0.1) is 0 Å². The van der Waals surface area contributed by atoms with Crippen LogP contribution in [-0.4, -0.2) is 38.8 Å². The van der Waals surface area contributed by atoms with E-state index in [-0.39, 0.29) is 18.5 Å². The zero-order valence-corrected chi connectivity index (χ0v) is 15.4. The number of rotatable bonds is 4. The lowest BCUT2D eigenvalue weighted by molar-refractivity contribution is 0.0955. The van der Waals surface area contributed by atoms with Crippen LogP contribution in [0.5, 0.6) is 5.75 Å². The van der Waals surface area contributed by atoms with E-state index >= 15 is 0 Å². The minimum Gasteiger partial charge on any atom is -0.496 e. The Bertz CT molecular complexity index is 916. The first-order valence-electron chi connectivity index (χ1n) is 8.23. The molecule has 0 saturated carbocycles. The van der Waals surface area contributed by atoms with Gasteiger partial charge in [-0.2, -0.15) is 0 Å². The predicted octanol–water partition coefficient (Wildman–Crippen LogP) is 3.09. The third-order valence-corrected chi connectivity index (χ3v) is 4.15. The summed E-state index contributed by atoms with van der Waals surface area (Å²) in [6, 6.07) is 12.1. The Morgan fingerprint density at radius 1 is 1.30 bits per heavy atom. The third kappa shape index (κ3) is 4.52. The summed E-state index contributed by atoms with van der Waals surface area (Å²) in [5.41, 5.74) is 1.90. The minimum absolute atomic E-state index is 0.175. The molecule has 2 amide bonds. The van der Waals surface area contributed by atoms with Crippen molar-refractivity contribution < 1.29 is 19.1 Å². The van der Waals surface area contributed by atoms with Gasteiger partial charge in [0, 0.05) is 16.3 Å². The SMILES string of the molecule is COc1ccc(Cl)cc1C(=O)NCC#Cc1ccc(N2CCOC2=O)cc1. The van der Waals surface area contributed by atoms with Crippen molar-refractivity contribution in [1.29, 1.82) is 0 Å². The monoisotopic (exact) mass is 384 g/mol. The highest BCUT2D eigenvalue weighted by molar-refractivity contribution is 6.31. The van der Waals surface area contributed by atoms with Gasteiger partial charge >= 0.3 is 6.09 Å². The molecule has 1 fully saturated rings. The number of ether oxygens (including phenoxy) is 2. The molecule has 1 aliphatic heterocycles. The molecular formula is C20H17ClN2O4. The van der Waals surface area contributed by atoms with Crippen molar-refractivity contribution in [1.82, 2.24) is 5.32 Å². The molecule has 2 aromatic carbocycles. The molecule has 0 aliphatic carbocycles. The normalized spacial score (nSPS) is 12.8. The van der Waals surface area contributed by atoms with Crippen molar-refractivity contribution in [3.05, 3.63) is 58.6 Å². The number of nitrogens with zero attached hydrogens (tertiary/aromatic N) is 1. The van der Waals surface area contributed by atoms with E-state index in [9.17, 15) is 9.59 Å². The summed E-state index contributed by atoms with van der Waals surface area (Å²) >= 11 is 5.93. The van der Waals surface area contributed by atoms with Crippen LogP contribution >= 0.6 is 11.6 Å². The van der Waals surface area contributed by atoms with E-state index < -0.39 is 0 Å². The van der Waals surface area contributed by atoms with Crippen LogP contribution in [0.25, 0.3) is 0 Å². The Kier molecular flexibility index (Phi) is 5.84. The van der Waals surface area contributed by atoms with Crippen LogP contribution in [-0.2, 0) is 4.74 Å². The van der Waals surface area contributed by atoms with Crippen molar-refractivity contribution in [2.24, 2.45) is 0 Å². The molecular weight excluding hydrogens is 368 g/mol. The minimum atomic E-state index is -0.340. The molecule has 0 atom stereocenters. The number of carbonyl (C=O) groups is 2. The zero-order chi connectivity index (χ0) is 19.2. The van der Waals surface area contributed by atoms with Crippen molar-refractivity contribution in [2.45, 2.75) is 0 Å². The van der Waals surface area contributed by atoms with E-state index in [2.05, 4.69) is 17.2 Å². The number of cyclic esters (lactones) is 1. The molecule has 27 heavy (non-hydrogen) atoms. The van der Waals surface area contributed by atoms with Gasteiger partial charge in [0.25, 0.3) is 5.91 Å². The number of amides is 2. The smallest absolute Gasteiger partial charge is 0.414 e. The van der Waals surface area contributed by atoms with E-state index in [0.717, 1.165) is 11.3 Å². The van der Waals surface area contributed by atoms with Crippen molar-refractivity contribution in [3.63, 3.8) is 0 Å². The van der Waals surface area contributed by atoms with Crippen molar-refractivity contribution in [2.75, 3.05) is 31.7 Å². The van der Waals surface area contributed by atoms with Crippen molar-refractivity contribution >= 4 is 29.3 Å². The second kappa shape index (κ2) is 8.47. The molecule has 1 saturated heterocycles. The maximum atomic E-state index is 12.2. The maximum Gasteiger partial charge on any atom is 0.414 e. The van der Waals surface area contributed by atoms with Crippen LogP contribution in [0, 0.1) is 11.8 Å². The molecule has 0 bridgehead atoms. The number of hydrogen-bond acceptors (Lipinski definition) is 4. The van der Waals surface area contributed by atoms with E-state index in [1.54, 1.807) is 23.1 Å². The highest BCUT2D eigenvalue weighted by atomic mass is 35.5. The maximum absolute atomic E-state index is 12.2. The van der Waals surface area contributed by atoms with E-state index in [0.29, 0.717) is 29.5 Å². The molecule has 2 aromatic rings. The number of hydrogen-bond donors (Lipinski definition) is 1. The number of methoxy groups -OCH3 is 1. The molecule has 6 nitrogen and oxygen atoms in total. The first kappa shape index (κ1) is 18.6. The molecule has 1 heterocycles. The van der Waals surface area contributed by atoms with Gasteiger partial charge in [0.15, 0.2) is 0 Å². The highest BCUT2D eigenvalue weighted by Gasteiger charge is 2.23. The number of carbonyl (C=O) groups excluding carboxylic acids is 2. The van der Waals surface area contributed by atoms with Gasteiger partial charge in [-0.1, -0.05) is 23.4 Å². The van der Waals surface area contributed by atoms with Crippen LogP contribution in [0.4, 0.5) is 10.5 Å². The Balaban J connectivity index is 1.58. The number of benzene rings is 2. The first-order chi connectivity index (χ1) is 13.1. The summed E-state index contributed by atoms with van der Waals surface area (Å²) in [5.74, 6) is 5.99. The van der Waals surface area contributed by atoms with Gasteiger partial charge < -0.3 is 14.8 Å². The average Bonchev–Trinajstić information content (AvgIpc) is 3.11. The molecule has 138 valence electrons. The lowest BCUT2D eigenvalue weighted by Gasteiger charge is -2.11. The summed E-state index contributed by atoms with van der Waals surface area (Å²) in [5, 5.41) is 3.17. The third-order valence-electron chi connectivity index (χ3n) is 3.92. The lowest BCUT2D eigenvalue weighted by Crippen LogP contribution is -2.24. The van der Waals surface area contributed by atoms with E-state index in [1.165, 1.54) is 7.11 Å². The van der Waals surface area contributed by atoms with Gasteiger partial charge in [0.2, 0.25) is 0 Å². The molecule has 3 rings (SSSR count). The fourth-order valence-corrected chi connectivity index (χ4v) is 2.75. The summed E-state index contributed by atoms with van der Waals surface area (Å²) in [4.78, 5) is 25.3. The Morgan fingerprint density at radius 3 is 2.74 bits per heavy atom. The quantitative estimate of drug-likeness (QED) is 0.822. The molecule has 1 N–H and O–H groups in total. The molecule has 0 aromatic heterocycles. The summed E-state index contributed by atoms with van der Waals surface area (Å²) in [6.45, 7) is 1.12. The van der Waals surface area contributed by atoms with Crippen LogP contribution < -0.4 is 15.0 Å². The fourth-order valence-electron chi connectivity index (χ4n) is 2.58. The Hall–Kier alpha value is -3.17. The molecule has 7 heteroatoms. The zero-order valence-electron chi connectivity index (χ0n) is 14.6. The van der Waals surface area contributed by atoms with Crippen LogP contribution in [0.2, 0.25) is 5.02 Å². The second-order valence-corrected chi connectivity index (χ2v) is 6.08. The van der Waals surface area contributed by atoms with E-state index in [4.69, 9.17) is 21.1 Å². The van der Waals surface area contributed by atoms with Gasteiger partial charge in [-0.25, -0.2) is 4.79 Å². The summed E-state index contributed by atoms with van der Waals surface area (Å²) in [6.07, 6.45) is -0.340. The van der Waals surface area contributed by atoms with Crippen LogP contribution in [0.15, 0.2) is 42.5 Å².